The number of amides is 1. The van der Waals surface area contributed by atoms with E-state index in [9.17, 15) is 4.79 Å². The Morgan fingerprint density at radius 2 is 2.25 bits per heavy atom. The molecule has 0 fully saturated rings. The maximum atomic E-state index is 12.5. The van der Waals surface area contributed by atoms with Crippen molar-refractivity contribution in [1.29, 1.82) is 0 Å². The smallest absolute Gasteiger partial charge is 0.233 e. The molecule has 1 aromatic heterocycles. The highest BCUT2D eigenvalue weighted by Gasteiger charge is 2.20. The lowest BCUT2D eigenvalue weighted by molar-refractivity contribution is -0.120. The first kappa shape index (κ1) is 20.4. The highest BCUT2D eigenvalue weighted by Crippen LogP contribution is 2.28. The van der Waals surface area contributed by atoms with Gasteiger partial charge in [-0.1, -0.05) is 29.5 Å². The molecule has 0 bridgehead atoms. The first-order valence-corrected chi connectivity index (χ1v) is 10.5. The first-order chi connectivity index (χ1) is 13.6. The molecule has 0 saturated heterocycles. The molecule has 3 rings (SSSR count). The fourth-order valence-electron chi connectivity index (χ4n) is 3.20. The fourth-order valence-corrected chi connectivity index (χ4v) is 4.03. The molecule has 0 radical (unpaired) electrons. The van der Waals surface area contributed by atoms with Gasteiger partial charge in [0.05, 0.1) is 12.4 Å². The van der Waals surface area contributed by atoms with Gasteiger partial charge in [0, 0.05) is 6.54 Å². The summed E-state index contributed by atoms with van der Waals surface area (Å²) >= 11 is 1.34. The Bertz CT molecular complexity index is 849. The maximum absolute atomic E-state index is 12.5. The summed E-state index contributed by atoms with van der Waals surface area (Å²) in [7, 11) is 1.61. The number of tetrazole rings is 1. The molecule has 0 unspecified atom stereocenters. The van der Waals surface area contributed by atoms with Crippen LogP contribution in [0.4, 0.5) is 0 Å². The predicted molar refractivity (Wildman–Crippen MR) is 110 cm³/mol. The number of aromatic nitrogens is 4. The zero-order chi connectivity index (χ0) is 19.9. The molecule has 150 valence electrons. The Balaban J connectivity index is 1.61. The van der Waals surface area contributed by atoms with E-state index in [4.69, 9.17) is 4.74 Å². The normalized spacial score (nSPS) is 15.0. The monoisotopic (exact) mass is 401 g/mol. The predicted octanol–water partition coefficient (Wildman–Crippen LogP) is 3.47. The van der Waals surface area contributed by atoms with Crippen LogP contribution in [-0.4, -0.2) is 45.0 Å². The molecule has 2 aromatic rings. The number of hydrogen-bond acceptors (Lipinski definition) is 6. The van der Waals surface area contributed by atoms with Crippen molar-refractivity contribution in [1.82, 2.24) is 25.5 Å². The Kier molecular flexibility index (Phi) is 7.08. The first-order valence-electron chi connectivity index (χ1n) is 9.64. The van der Waals surface area contributed by atoms with E-state index >= 15 is 0 Å². The largest absolute Gasteiger partial charge is 0.494 e. The molecule has 1 aliphatic rings. The fraction of sp³-hybridized carbons (Fsp3) is 0.500. The zero-order valence-corrected chi connectivity index (χ0v) is 17.5. The van der Waals surface area contributed by atoms with Crippen molar-refractivity contribution in [3.8, 4) is 11.4 Å². The third kappa shape index (κ3) is 5.13. The van der Waals surface area contributed by atoms with Gasteiger partial charge in [-0.3, -0.25) is 4.79 Å². The average molecular weight is 402 g/mol. The molecular weight excluding hydrogens is 374 g/mol. The molecule has 1 heterocycles. The Labute approximate surface area is 169 Å². The molecule has 0 aliphatic heterocycles. The van der Waals surface area contributed by atoms with E-state index in [2.05, 4.69) is 26.9 Å². The number of carbonyl (C=O) groups excluding carboxylic acids is 1. The third-order valence-electron chi connectivity index (χ3n) is 4.79. The highest BCUT2D eigenvalue weighted by atomic mass is 32.2. The highest BCUT2D eigenvalue weighted by molar-refractivity contribution is 8.00. The number of benzene rings is 1. The number of hydrogen-bond donors (Lipinski definition) is 1. The van der Waals surface area contributed by atoms with Crippen molar-refractivity contribution >= 4 is 17.7 Å². The summed E-state index contributed by atoms with van der Waals surface area (Å²) in [6, 6.07) is 5.82. The minimum atomic E-state index is -0.305. The number of aryl methyl sites for hydroxylation is 1. The summed E-state index contributed by atoms with van der Waals surface area (Å²) in [5, 5.41) is 15.3. The maximum Gasteiger partial charge on any atom is 0.233 e. The second-order valence-electron chi connectivity index (χ2n) is 6.96. The number of ether oxygens (including phenoxy) is 1. The van der Waals surface area contributed by atoms with Crippen LogP contribution in [0, 0.1) is 6.92 Å². The van der Waals surface area contributed by atoms with Crippen molar-refractivity contribution < 1.29 is 9.53 Å². The van der Waals surface area contributed by atoms with Crippen LogP contribution in [0.15, 0.2) is 35.0 Å². The molecule has 1 amide bonds. The van der Waals surface area contributed by atoms with Crippen LogP contribution in [0.3, 0.4) is 0 Å². The van der Waals surface area contributed by atoms with E-state index in [1.54, 1.807) is 11.8 Å². The van der Waals surface area contributed by atoms with Crippen LogP contribution in [-0.2, 0) is 4.79 Å². The van der Waals surface area contributed by atoms with Crippen LogP contribution in [0.25, 0.3) is 5.69 Å². The molecule has 0 saturated carbocycles. The van der Waals surface area contributed by atoms with Gasteiger partial charge in [-0.15, -0.1) is 5.10 Å². The van der Waals surface area contributed by atoms with Crippen molar-refractivity contribution in [3.05, 3.63) is 35.4 Å². The topological polar surface area (TPSA) is 81.9 Å². The van der Waals surface area contributed by atoms with E-state index in [0.29, 0.717) is 17.5 Å². The number of thioether (sulfide) groups is 1. The van der Waals surface area contributed by atoms with Crippen LogP contribution < -0.4 is 10.1 Å². The van der Waals surface area contributed by atoms with Crippen LogP contribution in [0.5, 0.6) is 5.75 Å². The van der Waals surface area contributed by atoms with E-state index in [0.717, 1.165) is 24.1 Å². The summed E-state index contributed by atoms with van der Waals surface area (Å²) in [5.74, 6) is 0.671. The minimum absolute atomic E-state index is 0.00725. The van der Waals surface area contributed by atoms with Crippen molar-refractivity contribution in [2.75, 3.05) is 13.7 Å². The Morgan fingerprint density at radius 3 is 3.00 bits per heavy atom. The summed E-state index contributed by atoms with van der Waals surface area (Å²) in [4.78, 5) is 12.5. The van der Waals surface area contributed by atoms with Gasteiger partial charge in [-0.2, -0.15) is 4.68 Å². The van der Waals surface area contributed by atoms with Gasteiger partial charge in [0.15, 0.2) is 0 Å². The molecule has 1 aromatic carbocycles. The van der Waals surface area contributed by atoms with Gasteiger partial charge in [-0.05, 0) is 74.1 Å². The van der Waals surface area contributed by atoms with E-state index < -0.39 is 0 Å². The number of rotatable bonds is 8. The summed E-state index contributed by atoms with van der Waals surface area (Å²) < 4.78 is 7.05. The van der Waals surface area contributed by atoms with Gasteiger partial charge in [0.1, 0.15) is 11.4 Å². The number of nitrogens with one attached hydrogen (secondary N) is 1. The SMILES string of the molecule is COc1ccc(C)cc1-n1nnnc1S[C@@H](C)C(=O)NCCC1=CCCCC1. The number of allylic oxidation sites excluding steroid dienone is 1. The average Bonchev–Trinajstić information content (AvgIpc) is 3.16. The molecule has 1 atom stereocenters. The number of methoxy groups -OCH3 is 1. The lowest BCUT2D eigenvalue weighted by atomic mass is 9.97. The molecule has 7 nitrogen and oxygen atoms in total. The van der Waals surface area contributed by atoms with E-state index in [-0.39, 0.29) is 11.2 Å². The Morgan fingerprint density at radius 1 is 1.39 bits per heavy atom. The second kappa shape index (κ2) is 9.73. The van der Waals surface area contributed by atoms with Crippen molar-refractivity contribution in [2.24, 2.45) is 0 Å². The standard InChI is InChI=1S/C20H27N5O2S/c1-14-9-10-18(27-3)17(13-14)25-20(22-23-24-25)28-15(2)19(26)21-12-11-16-7-5-4-6-8-16/h7,9-10,13,15H,4-6,8,11-12H2,1-3H3,(H,21,26)/t15-/m0/s1. The number of nitrogens with zero attached hydrogens (tertiary/aromatic N) is 4. The van der Waals surface area contributed by atoms with Gasteiger partial charge < -0.3 is 10.1 Å². The lowest BCUT2D eigenvalue weighted by Crippen LogP contribution is -2.32. The van der Waals surface area contributed by atoms with E-state index in [1.165, 1.54) is 36.6 Å². The van der Waals surface area contributed by atoms with Gasteiger partial charge >= 0.3 is 0 Å². The third-order valence-corrected chi connectivity index (χ3v) is 5.82. The van der Waals surface area contributed by atoms with Gasteiger partial charge in [0.25, 0.3) is 0 Å². The van der Waals surface area contributed by atoms with Crippen LogP contribution in [0.2, 0.25) is 0 Å². The molecule has 1 aliphatic carbocycles. The van der Waals surface area contributed by atoms with Crippen LogP contribution >= 0.6 is 11.8 Å². The molecule has 0 spiro atoms. The summed E-state index contributed by atoms with van der Waals surface area (Å²) in [6.07, 6.45) is 8.12. The molecule has 28 heavy (non-hydrogen) atoms. The number of carbonyl (C=O) groups is 1. The Hall–Kier alpha value is -2.35. The van der Waals surface area contributed by atoms with Gasteiger partial charge in [0.2, 0.25) is 11.1 Å². The molecular formula is C20H27N5O2S. The second-order valence-corrected chi connectivity index (χ2v) is 8.27. The lowest BCUT2D eigenvalue weighted by Gasteiger charge is -2.15. The minimum Gasteiger partial charge on any atom is -0.494 e. The molecule has 1 N–H and O–H groups in total. The molecule has 8 heteroatoms. The summed E-state index contributed by atoms with van der Waals surface area (Å²) in [5.41, 5.74) is 3.29. The van der Waals surface area contributed by atoms with Gasteiger partial charge in [-0.25, -0.2) is 0 Å². The quantitative estimate of drug-likeness (QED) is 0.539. The van der Waals surface area contributed by atoms with Crippen molar-refractivity contribution in [2.45, 2.75) is 56.4 Å². The van der Waals surface area contributed by atoms with Crippen molar-refractivity contribution in [3.63, 3.8) is 0 Å². The summed E-state index contributed by atoms with van der Waals surface area (Å²) in [6.45, 7) is 4.54. The zero-order valence-electron chi connectivity index (χ0n) is 16.6. The van der Waals surface area contributed by atoms with Crippen LogP contribution in [0.1, 0.15) is 44.6 Å². The van der Waals surface area contributed by atoms with E-state index in [1.807, 2.05) is 32.0 Å².